The van der Waals surface area contributed by atoms with Gasteiger partial charge in [0.15, 0.2) is 0 Å². The number of halogens is 4. The van der Waals surface area contributed by atoms with Gasteiger partial charge < -0.3 is 5.32 Å². The van der Waals surface area contributed by atoms with Crippen molar-refractivity contribution < 1.29 is 18.0 Å². The Labute approximate surface area is 112 Å². The largest absolute Gasteiger partial charge is 0.389 e. The Balaban J connectivity index is 2.28. The minimum atomic E-state index is -4.12. The summed E-state index contributed by atoms with van der Waals surface area (Å²) in [5.74, 6) is -0.283. The van der Waals surface area contributed by atoms with Gasteiger partial charge in [0.05, 0.1) is 5.56 Å². The zero-order valence-corrected chi connectivity index (χ0v) is 11.1. The molecule has 0 atom stereocenters. The molecule has 6 heteroatoms. The highest BCUT2D eigenvalue weighted by Gasteiger charge is 2.25. The number of amides is 1. The molecule has 0 bridgehead atoms. The zero-order valence-electron chi connectivity index (χ0n) is 9.56. The molecule has 100 valence electrons. The number of hydrogen-bond acceptors (Lipinski definition) is 1. The van der Waals surface area contributed by atoms with Gasteiger partial charge in [0.1, 0.15) is 0 Å². The predicted octanol–water partition coefficient (Wildman–Crippen LogP) is 3.91. The topological polar surface area (TPSA) is 29.1 Å². The Morgan fingerprint density at radius 1 is 1.22 bits per heavy atom. The van der Waals surface area contributed by atoms with E-state index in [4.69, 9.17) is 0 Å². The zero-order chi connectivity index (χ0) is 13.6. The summed E-state index contributed by atoms with van der Waals surface area (Å²) in [5, 5.41) is 2.59. The van der Waals surface area contributed by atoms with Gasteiger partial charge in [0.25, 0.3) is 5.91 Å². The fraction of sp³-hybridized carbons (Fsp3) is 0.417. The van der Waals surface area contributed by atoms with E-state index in [1.54, 1.807) is 24.3 Å². The first kappa shape index (κ1) is 15.0. The average Bonchev–Trinajstić information content (AvgIpc) is 2.27. The second-order valence-electron chi connectivity index (χ2n) is 3.81. The maximum absolute atomic E-state index is 11.9. The van der Waals surface area contributed by atoms with Gasteiger partial charge in [-0.25, -0.2) is 0 Å². The molecular formula is C12H13BrF3NO. The van der Waals surface area contributed by atoms with Crippen LogP contribution in [0.25, 0.3) is 0 Å². The second-order valence-corrected chi connectivity index (χ2v) is 4.66. The number of carbonyl (C=O) groups is 1. The van der Waals surface area contributed by atoms with E-state index in [9.17, 15) is 18.0 Å². The number of alkyl halides is 3. The summed E-state index contributed by atoms with van der Waals surface area (Å²) in [7, 11) is 0. The highest BCUT2D eigenvalue weighted by molar-refractivity contribution is 9.10. The lowest BCUT2D eigenvalue weighted by molar-refractivity contribution is -0.135. The van der Waals surface area contributed by atoms with Crippen LogP contribution < -0.4 is 5.32 Å². The van der Waals surface area contributed by atoms with Crippen molar-refractivity contribution >= 4 is 21.8 Å². The number of rotatable bonds is 5. The van der Waals surface area contributed by atoms with E-state index in [2.05, 4.69) is 21.2 Å². The molecule has 1 rings (SSSR count). The van der Waals surface area contributed by atoms with Crippen LogP contribution in [-0.2, 0) is 0 Å². The fourth-order valence-corrected chi connectivity index (χ4v) is 1.86. The molecule has 2 nitrogen and oxygen atoms in total. The van der Waals surface area contributed by atoms with Crippen LogP contribution >= 0.6 is 15.9 Å². The molecule has 0 aliphatic heterocycles. The first-order chi connectivity index (χ1) is 8.40. The minimum Gasteiger partial charge on any atom is -0.352 e. The van der Waals surface area contributed by atoms with Gasteiger partial charge in [-0.15, -0.1) is 0 Å². The lowest BCUT2D eigenvalue weighted by Crippen LogP contribution is -2.25. The maximum Gasteiger partial charge on any atom is 0.389 e. The van der Waals surface area contributed by atoms with Gasteiger partial charge in [-0.3, -0.25) is 4.79 Å². The van der Waals surface area contributed by atoms with Crippen molar-refractivity contribution in [1.82, 2.24) is 5.32 Å². The SMILES string of the molecule is O=C(NCCCCC(F)(F)F)c1ccccc1Br. The predicted molar refractivity (Wildman–Crippen MR) is 66.4 cm³/mol. The van der Waals surface area contributed by atoms with Crippen molar-refractivity contribution in [2.24, 2.45) is 0 Å². The minimum absolute atomic E-state index is 0.0275. The van der Waals surface area contributed by atoms with Gasteiger partial charge in [-0.2, -0.15) is 13.2 Å². The summed E-state index contributed by atoms with van der Waals surface area (Å²) in [6.45, 7) is 0.246. The van der Waals surface area contributed by atoms with Crippen LogP contribution in [0, 0.1) is 0 Å². The van der Waals surface area contributed by atoms with Crippen LogP contribution in [0.15, 0.2) is 28.7 Å². The average molecular weight is 324 g/mol. The fourth-order valence-electron chi connectivity index (χ4n) is 1.39. The van der Waals surface area contributed by atoms with Crippen molar-refractivity contribution in [1.29, 1.82) is 0 Å². The summed E-state index contributed by atoms with van der Waals surface area (Å²) in [6.07, 6.45) is -4.58. The Kier molecular flexibility index (Phi) is 5.65. The monoisotopic (exact) mass is 323 g/mol. The molecule has 1 aromatic rings. The number of unbranched alkanes of at least 4 members (excludes halogenated alkanes) is 1. The van der Waals surface area contributed by atoms with E-state index in [1.807, 2.05) is 0 Å². The molecule has 0 aliphatic carbocycles. The standard InChI is InChI=1S/C12H13BrF3NO/c13-10-6-2-1-5-9(10)11(18)17-8-4-3-7-12(14,15)16/h1-2,5-6H,3-4,7-8H2,(H,17,18). The first-order valence-corrected chi connectivity index (χ1v) is 6.29. The molecular weight excluding hydrogens is 311 g/mol. The molecule has 1 N–H and O–H groups in total. The number of carbonyl (C=O) groups excluding carboxylic acids is 1. The Hall–Kier alpha value is -1.04. The summed E-state index contributed by atoms with van der Waals surface area (Å²) >= 11 is 3.24. The van der Waals surface area contributed by atoms with Crippen LogP contribution in [0.3, 0.4) is 0 Å². The molecule has 0 fully saturated rings. The smallest absolute Gasteiger partial charge is 0.352 e. The summed E-state index contributed by atoms with van der Waals surface area (Å²) < 4.78 is 36.3. The quantitative estimate of drug-likeness (QED) is 0.818. The van der Waals surface area contributed by atoms with E-state index >= 15 is 0 Å². The Bertz CT molecular complexity index is 407. The number of hydrogen-bond donors (Lipinski definition) is 1. The molecule has 1 amide bonds. The van der Waals surface area contributed by atoms with Gasteiger partial charge in [0.2, 0.25) is 0 Å². The van der Waals surface area contributed by atoms with E-state index < -0.39 is 12.6 Å². The second kappa shape index (κ2) is 6.78. The van der Waals surface area contributed by atoms with Crippen molar-refractivity contribution in [3.8, 4) is 0 Å². The summed E-state index contributed by atoms with van der Waals surface area (Å²) in [5.41, 5.74) is 0.480. The van der Waals surface area contributed by atoms with E-state index in [-0.39, 0.29) is 18.9 Å². The van der Waals surface area contributed by atoms with Crippen molar-refractivity contribution in [3.05, 3.63) is 34.3 Å². The molecule has 1 aromatic carbocycles. The third-order valence-electron chi connectivity index (χ3n) is 2.29. The molecule has 0 heterocycles. The van der Waals surface area contributed by atoms with Crippen LogP contribution in [0.4, 0.5) is 13.2 Å². The van der Waals surface area contributed by atoms with E-state index in [0.29, 0.717) is 16.5 Å². The Morgan fingerprint density at radius 3 is 2.50 bits per heavy atom. The highest BCUT2D eigenvalue weighted by atomic mass is 79.9. The van der Waals surface area contributed by atoms with Gasteiger partial charge in [-0.05, 0) is 40.9 Å². The first-order valence-electron chi connectivity index (χ1n) is 5.49. The normalized spacial score (nSPS) is 11.3. The molecule has 0 spiro atoms. The van der Waals surface area contributed by atoms with E-state index in [1.165, 1.54) is 0 Å². The third kappa shape index (κ3) is 5.53. The van der Waals surface area contributed by atoms with Crippen molar-refractivity contribution in [3.63, 3.8) is 0 Å². The number of benzene rings is 1. The third-order valence-corrected chi connectivity index (χ3v) is 2.98. The van der Waals surface area contributed by atoms with Crippen molar-refractivity contribution in [2.75, 3.05) is 6.54 Å². The molecule has 18 heavy (non-hydrogen) atoms. The number of nitrogens with one attached hydrogen (secondary N) is 1. The molecule has 0 aliphatic rings. The van der Waals surface area contributed by atoms with Gasteiger partial charge in [0, 0.05) is 17.4 Å². The molecule has 0 saturated carbocycles. The molecule has 0 radical (unpaired) electrons. The molecule has 0 unspecified atom stereocenters. The molecule has 0 aromatic heterocycles. The summed E-state index contributed by atoms with van der Waals surface area (Å²) in [6, 6.07) is 6.89. The highest BCUT2D eigenvalue weighted by Crippen LogP contribution is 2.22. The van der Waals surface area contributed by atoms with Gasteiger partial charge in [-0.1, -0.05) is 12.1 Å². The van der Waals surface area contributed by atoms with Crippen molar-refractivity contribution in [2.45, 2.75) is 25.4 Å². The van der Waals surface area contributed by atoms with Gasteiger partial charge >= 0.3 is 6.18 Å². The maximum atomic E-state index is 11.9. The van der Waals surface area contributed by atoms with E-state index in [0.717, 1.165) is 0 Å². The lowest BCUT2D eigenvalue weighted by Gasteiger charge is -2.08. The van der Waals surface area contributed by atoms with Crippen LogP contribution in [0.2, 0.25) is 0 Å². The van der Waals surface area contributed by atoms with Crippen LogP contribution in [-0.4, -0.2) is 18.6 Å². The summed E-state index contributed by atoms with van der Waals surface area (Å²) in [4.78, 5) is 11.7. The van der Waals surface area contributed by atoms with Crippen LogP contribution in [0.5, 0.6) is 0 Å². The Morgan fingerprint density at radius 2 is 1.89 bits per heavy atom. The molecule has 0 saturated heterocycles. The lowest BCUT2D eigenvalue weighted by atomic mass is 10.2. The van der Waals surface area contributed by atoms with Crippen LogP contribution in [0.1, 0.15) is 29.6 Å².